The molecule has 2 heterocycles. The summed E-state index contributed by atoms with van der Waals surface area (Å²) in [5.41, 5.74) is 4.55. The zero-order valence-corrected chi connectivity index (χ0v) is 16.3. The van der Waals surface area contributed by atoms with E-state index in [0.29, 0.717) is 11.4 Å². The lowest BCUT2D eigenvalue weighted by atomic mass is 10.0. The molecule has 0 saturated heterocycles. The Balaban J connectivity index is 1.65. The van der Waals surface area contributed by atoms with Crippen LogP contribution in [-0.2, 0) is 4.79 Å². The molecule has 0 atom stereocenters. The van der Waals surface area contributed by atoms with Gasteiger partial charge in [-0.3, -0.25) is 4.79 Å². The zero-order chi connectivity index (χ0) is 20.2. The summed E-state index contributed by atoms with van der Waals surface area (Å²) in [5.74, 6) is -0.259. The van der Waals surface area contributed by atoms with Gasteiger partial charge in [-0.15, -0.1) is 11.3 Å². The van der Waals surface area contributed by atoms with Crippen LogP contribution < -0.4 is 0 Å². The van der Waals surface area contributed by atoms with Crippen LogP contribution in [-0.4, -0.2) is 16.1 Å². The zero-order valence-electron chi connectivity index (χ0n) is 15.5. The first kappa shape index (κ1) is 18.5. The molecule has 0 N–H and O–H groups in total. The minimum Gasteiger partial charge on any atom is -0.294 e. The van der Waals surface area contributed by atoms with Crippen LogP contribution >= 0.6 is 11.3 Å². The minimum absolute atomic E-state index is 0.119. The van der Waals surface area contributed by atoms with E-state index in [-0.39, 0.29) is 11.4 Å². The van der Waals surface area contributed by atoms with Crippen molar-refractivity contribution in [1.29, 1.82) is 5.26 Å². The monoisotopic (exact) mass is 397 g/mol. The second-order valence-corrected chi connectivity index (χ2v) is 7.45. The van der Waals surface area contributed by atoms with E-state index in [2.05, 4.69) is 22.4 Å². The Kier molecular flexibility index (Phi) is 5.14. The van der Waals surface area contributed by atoms with Crippen molar-refractivity contribution in [3.8, 4) is 39.0 Å². The lowest BCUT2D eigenvalue weighted by Gasteiger charge is -2.03. The Morgan fingerprint density at radius 3 is 2.28 bits per heavy atom. The molecule has 140 valence electrons. The second-order valence-electron chi connectivity index (χ2n) is 6.33. The number of carbonyl (C=O) groups excluding carboxylic acids is 1. The van der Waals surface area contributed by atoms with Crippen LogP contribution in [0.4, 0.5) is 0 Å². The highest BCUT2D eigenvalue weighted by molar-refractivity contribution is 7.16. The van der Waals surface area contributed by atoms with Gasteiger partial charge in [-0.25, -0.2) is 4.63 Å². The fourth-order valence-corrected chi connectivity index (χ4v) is 3.84. The van der Waals surface area contributed by atoms with Crippen molar-refractivity contribution < 1.29 is 9.42 Å². The van der Waals surface area contributed by atoms with E-state index in [4.69, 9.17) is 9.89 Å². The number of hydrogen-bond acceptors (Lipinski definition) is 6. The number of allylic oxidation sites excluding steroid dienone is 1. The molecule has 4 rings (SSSR count). The van der Waals surface area contributed by atoms with E-state index in [0.717, 1.165) is 26.4 Å². The van der Waals surface area contributed by atoms with E-state index in [9.17, 15) is 4.79 Å². The molecule has 0 spiro atoms. The van der Waals surface area contributed by atoms with Gasteiger partial charge in [0.25, 0.3) is 0 Å². The van der Waals surface area contributed by atoms with E-state index >= 15 is 0 Å². The predicted octanol–water partition coefficient (Wildman–Crippen LogP) is 5.63. The second kappa shape index (κ2) is 8.05. The molecule has 0 aliphatic heterocycles. The van der Waals surface area contributed by atoms with Gasteiger partial charge in [0.15, 0.2) is 11.5 Å². The SMILES string of the molecule is CC(=O)/C(C#N)=C/c1ccc(-c2nonc2-c2ccc(-c3ccccc3)cc2)s1. The summed E-state index contributed by atoms with van der Waals surface area (Å²) < 4.78 is 5.00. The summed E-state index contributed by atoms with van der Waals surface area (Å²) in [6.45, 7) is 1.38. The van der Waals surface area contributed by atoms with E-state index in [1.54, 1.807) is 6.08 Å². The van der Waals surface area contributed by atoms with Crippen LogP contribution in [0.3, 0.4) is 0 Å². The van der Waals surface area contributed by atoms with Crippen LogP contribution in [0.5, 0.6) is 0 Å². The van der Waals surface area contributed by atoms with E-state index in [1.807, 2.05) is 60.7 Å². The maximum atomic E-state index is 11.5. The molecule has 29 heavy (non-hydrogen) atoms. The smallest absolute Gasteiger partial charge is 0.170 e. The summed E-state index contributed by atoms with van der Waals surface area (Å²) in [6.07, 6.45) is 1.58. The number of thiophene rings is 1. The Morgan fingerprint density at radius 2 is 1.59 bits per heavy atom. The normalized spacial score (nSPS) is 11.2. The van der Waals surface area contributed by atoms with Crippen molar-refractivity contribution in [1.82, 2.24) is 10.3 Å². The number of benzene rings is 2. The van der Waals surface area contributed by atoms with Crippen molar-refractivity contribution in [2.45, 2.75) is 6.92 Å². The molecule has 0 bridgehead atoms. The summed E-state index contributed by atoms with van der Waals surface area (Å²) in [6, 6.07) is 23.8. The van der Waals surface area contributed by atoms with Gasteiger partial charge in [0.2, 0.25) is 0 Å². The van der Waals surface area contributed by atoms with Gasteiger partial charge in [-0.2, -0.15) is 5.26 Å². The summed E-state index contributed by atoms with van der Waals surface area (Å²) >= 11 is 1.42. The lowest BCUT2D eigenvalue weighted by molar-refractivity contribution is -0.113. The van der Waals surface area contributed by atoms with Gasteiger partial charge in [0.05, 0.1) is 10.5 Å². The first-order chi connectivity index (χ1) is 14.2. The number of rotatable bonds is 5. The Labute approximate surface area is 171 Å². The molecule has 0 aliphatic carbocycles. The van der Waals surface area contributed by atoms with Crippen LogP contribution in [0, 0.1) is 11.3 Å². The average Bonchev–Trinajstić information content (AvgIpc) is 3.42. The third-order valence-electron chi connectivity index (χ3n) is 4.40. The number of carbonyl (C=O) groups is 1. The standard InChI is InChI=1S/C23H15N3O2S/c1-15(27)19(14-24)13-20-11-12-21(29-20)23-22(25-28-26-23)18-9-7-17(8-10-18)16-5-3-2-4-6-16/h2-13H,1H3/b19-13+. The van der Waals surface area contributed by atoms with Crippen LogP contribution in [0.15, 0.2) is 76.9 Å². The number of ketones is 1. The predicted molar refractivity (Wildman–Crippen MR) is 113 cm³/mol. The van der Waals surface area contributed by atoms with Gasteiger partial charge in [-0.05, 0) is 46.6 Å². The molecule has 6 heteroatoms. The highest BCUT2D eigenvalue weighted by Crippen LogP contribution is 2.35. The van der Waals surface area contributed by atoms with Crippen molar-refractivity contribution in [2.75, 3.05) is 0 Å². The molecular formula is C23H15N3O2S. The maximum absolute atomic E-state index is 11.5. The lowest BCUT2D eigenvalue weighted by Crippen LogP contribution is -1.91. The Morgan fingerprint density at radius 1 is 0.931 bits per heavy atom. The summed E-state index contributed by atoms with van der Waals surface area (Å²) in [5, 5.41) is 17.2. The molecule has 0 fully saturated rings. The third-order valence-corrected chi connectivity index (χ3v) is 5.44. The van der Waals surface area contributed by atoms with Crippen LogP contribution in [0.1, 0.15) is 11.8 Å². The number of nitriles is 1. The summed E-state index contributed by atoms with van der Waals surface area (Å²) in [4.78, 5) is 13.1. The number of hydrogen-bond donors (Lipinski definition) is 0. The Bertz CT molecular complexity index is 1230. The minimum atomic E-state index is -0.259. The quantitative estimate of drug-likeness (QED) is 0.322. The Hall–Kier alpha value is -3.82. The van der Waals surface area contributed by atoms with Gasteiger partial charge in [-0.1, -0.05) is 54.6 Å². The fourth-order valence-electron chi connectivity index (χ4n) is 2.90. The molecule has 0 unspecified atom stereocenters. The number of nitrogens with zero attached hydrogens (tertiary/aromatic N) is 3. The molecule has 4 aromatic rings. The topological polar surface area (TPSA) is 79.8 Å². The number of aromatic nitrogens is 2. The van der Waals surface area contributed by atoms with Gasteiger partial charge in [0, 0.05) is 10.4 Å². The van der Waals surface area contributed by atoms with Crippen molar-refractivity contribution in [3.63, 3.8) is 0 Å². The highest BCUT2D eigenvalue weighted by Gasteiger charge is 2.16. The molecule has 2 aromatic carbocycles. The molecular weight excluding hydrogens is 382 g/mol. The van der Waals surface area contributed by atoms with Gasteiger partial charge in [0.1, 0.15) is 11.8 Å². The first-order valence-electron chi connectivity index (χ1n) is 8.87. The number of Topliss-reactive ketones (excluding diaryl/α,β-unsaturated/α-hetero) is 1. The van der Waals surface area contributed by atoms with E-state index in [1.165, 1.54) is 18.3 Å². The molecule has 0 saturated carbocycles. The molecule has 0 amide bonds. The van der Waals surface area contributed by atoms with Crippen molar-refractivity contribution >= 4 is 23.2 Å². The maximum Gasteiger partial charge on any atom is 0.170 e. The average molecular weight is 397 g/mol. The van der Waals surface area contributed by atoms with Crippen LogP contribution in [0.2, 0.25) is 0 Å². The van der Waals surface area contributed by atoms with Gasteiger partial charge < -0.3 is 0 Å². The van der Waals surface area contributed by atoms with Crippen molar-refractivity contribution in [2.24, 2.45) is 0 Å². The molecule has 0 aliphatic rings. The van der Waals surface area contributed by atoms with Gasteiger partial charge >= 0.3 is 0 Å². The largest absolute Gasteiger partial charge is 0.294 e. The third kappa shape index (κ3) is 3.91. The van der Waals surface area contributed by atoms with E-state index < -0.39 is 0 Å². The molecule has 5 nitrogen and oxygen atoms in total. The summed E-state index contributed by atoms with van der Waals surface area (Å²) in [7, 11) is 0. The van der Waals surface area contributed by atoms with Crippen LogP contribution in [0.25, 0.3) is 39.0 Å². The molecule has 2 aromatic heterocycles. The molecule has 0 radical (unpaired) electrons. The first-order valence-corrected chi connectivity index (χ1v) is 9.68. The van der Waals surface area contributed by atoms with Crippen molar-refractivity contribution in [3.05, 3.63) is 77.2 Å². The fraction of sp³-hybridized carbons (Fsp3) is 0.0435. The highest BCUT2D eigenvalue weighted by atomic mass is 32.1.